The Morgan fingerprint density at radius 2 is 1.83 bits per heavy atom. The highest BCUT2D eigenvalue weighted by Crippen LogP contribution is 2.31. The Hall–Kier alpha value is -3.33. The van der Waals surface area contributed by atoms with Crippen LogP contribution >= 0.6 is 0 Å². The molecular formula is C26H31N3O5S. The van der Waals surface area contributed by atoms with Gasteiger partial charge in [0.05, 0.1) is 37.5 Å². The van der Waals surface area contributed by atoms with Gasteiger partial charge in [0.2, 0.25) is 0 Å². The molecule has 186 valence electrons. The predicted molar refractivity (Wildman–Crippen MR) is 135 cm³/mol. The minimum atomic E-state index is -3.10. The fourth-order valence-corrected chi connectivity index (χ4v) is 6.01. The van der Waals surface area contributed by atoms with E-state index >= 15 is 0 Å². The van der Waals surface area contributed by atoms with E-state index < -0.39 is 9.84 Å². The van der Waals surface area contributed by atoms with Crippen LogP contribution in [0, 0.1) is 13.8 Å². The van der Waals surface area contributed by atoms with Crippen LogP contribution in [0.3, 0.4) is 0 Å². The van der Waals surface area contributed by atoms with Gasteiger partial charge in [0.15, 0.2) is 27.0 Å². The second kappa shape index (κ2) is 10.1. The van der Waals surface area contributed by atoms with Crippen LogP contribution < -0.4 is 14.8 Å². The maximum Gasteiger partial charge on any atom is 0.271 e. The van der Waals surface area contributed by atoms with Crippen LogP contribution in [-0.2, 0) is 16.3 Å². The summed E-state index contributed by atoms with van der Waals surface area (Å²) >= 11 is 0. The van der Waals surface area contributed by atoms with Crippen LogP contribution in [0.1, 0.15) is 39.6 Å². The Labute approximate surface area is 206 Å². The molecule has 1 saturated heterocycles. The second-order valence-electron chi connectivity index (χ2n) is 8.91. The number of benzene rings is 2. The molecule has 0 radical (unpaired) electrons. The lowest BCUT2D eigenvalue weighted by molar-refractivity contribution is 0.0948. The standard InChI is InChI=1S/C26H31N3O5S/c1-17-5-7-20(13-18(17)2)23-15-22(28-29(23)21-10-12-35(31,32)16-21)26(30)27-11-9-19-6-8-24(33-3)25(14-19)34-4/h5-8,13-15,21H,9-12,16H2,1-4H3,(H,27,30). The van der Waals surface area contributed by atoms with Crippen molar-refractivity contribution in [1.29, 1.82) is 0 Å². The van der Waals surface area contributed by atoms with Crippen molar-refractivity contribution in [3.63, 3.8) is 0 Å². The second-order valence-corrected chi connectivity index (χ2v) is 11.1. The Morgan fingerprint density at radius 3 is 2.49 bits per heavy atom. The molecule has 1 aliphatic rings. The molecule has 2 aromatic carbocycles. The van der Waals surface area contributed by atoms with Crippen molar-refractivity contribution in [3.05, 3.63) is 64.8 Å². The molecule has 3 aromatic rings. The van der Waals surface area contributed by atoms with E-state index in [0.29, 0.717) is 30.9 Å². The molecule has 1 atom stereocenters. The number of sulfone groups is 1. The summed E-state index contributed by atoms with van der Waals surface area (Å²) in [5, 5.41) is 7.49. The van der Waals surface area contributed by atoms with Crippen LogP contribution in [-0.4, -0.2) is 56.4 Å². The Morgan fingerprint density at radius 1 is 1.06 bits per heavy atom. The smallest absolute Gasteiger partial charge is 0.271 e. The van der Waals surface area contributed by atoms with Crippen LogP contribution in [0.2, 0.25) is 0 Å². The first-order valence-electron chi connectivity index (χ1n) is 11.6. The summed E-state index contributed by atoms with van der Waals surface area (Å²) in [6.45, 7) is 4.48. The number of nitrogens with one attached hydrogen (secondary N) is 1. The number of aryl methyl sites for hydroxylation is 2. The molecule has 0 bridgehead atoms. The van der Waals surface area contributed by atoms with Gasteiger partial charge in [-0.15, -0.1) is 0 Å². The summed E-state index contributed by atoms with van der Waals surface area (Å²) in [4.78, 5) is 13.0. The Bertz CT molecular complexity index is 1350. The van der Waals surface area contributed by atoms with Crippen molar-refractivity contribution in [2.45, 2.75) is 32.7 Å². The third-order valence-corrected chi connectivity index (χ3v) is 8.22. The Balaban J connectivity index is 1.54. The van der Waals surface area contributed by atoms with Gasteiger partial charge in [0.1, 0.15) is 0 Å². The van der Waals surface area contributed by atoms with E-state index in [1.54, 1.807) is 25.0 Å². The normalized spacial score (nSPS) is 16.7. The number of hydrogen-bond donors (Lipinski definition) is 1. The first kappa shape index (κ1) is 24.8. The molecule has 1 fully saturated rings. The zero-order valence-corrected chi connectivity index (χ0v) is 21.3. The summed E-state index contributed by atoms with van der Waals surface area (Å²) in [7, 11) is 0.0684. The average molecular weight is 498 g/mol. The Kier molecular flexibility index (Phi) is 7.16. The molecule has 4 rings (SSSR count). The van der Waals surface area contributed by atoms with Gasteiger partial charge in [-0.25, -0.2) is 8.42 Å². The fraction of sp³-hybridized carbons (Fsp3) is 0.385. The van der Waals surface area contributed by atoms with Gasteiger partial charge in [0, 0.05) is 12.1 Å². The molecular weight excluding hydrogens is 466 g/mol. The maximum absolute atomic E-state index is 13.0. The molecule has 9 heteroatoms. The highest BCUT2D eigenvalue weighted by molar-refractivity contribution is 7.91. The van der Waals surface area contributed by atoms with Gasteiger partial charge in [-0.2, -0.15) is 5.10 Å². The van der Waals surface area contributed by atoms with Crippen molar-refractivity contribution in [3.8, 4) is 22.8 Å². The van der Waals surface area contributed by atoms with Crippen LogP contribution in [0.15, 0.2) is 42.5 Å². The number of nitrogens with zero attached hydrogens (tertiary/aromatic N) is 2. The number of rotatable bonds is 8. The predicted octanol–water partition coefficient (Wildman–Crippen LogP) is 3.52. The SMILES string of the molecule is COc1ccc(CCNC(=O)c2cc(-c3ccc(C)c(C)c3)n(C3CCS(=O)(=O)C3)n2)cc1OC. The summed E-state index contributed by atoms with van der Waals surface area (Å²) in [6.07, 6.45) is 1.10. The van der Waals surface area contributed by atoms with Gasteiger partial charge in [-0.3, -0.25) is 9.48 Å². The summed E-state index contributed by atoms with van der Waals surface area (Å²) < 4.78 is 36.6. The third kappa shape index (κ3) is 5.51. The van der Waals surface area contributed by atoms with Crippen molar-refractivity contribution >= 4 is 15.7 Å². The van der Waals surface area contributed by atoms with E-state index in [9.17, 15) is 13.2 Å². The topological polar surface area (TPSA) is 99.5 Å². The molecule has 8 nitrogen and oxygen atoms in total. The molecule has 0 spiro atoms. The van der Waals surface area contributed by atoms with E-state index in [1.165, 1.54) is 0 Å². The lowest BCUT2D eigenvalue weighted by Gasteiger charge is -2.14. The molecule has 35 heavy (non-hydrogen) atoms. The van der Waals surface area contributed by atoms with Gasteiger partial charge in [-0.1, -0.05) is 18.2 Å². The number of ether oxygens (including phenoxy) is 2. The maximum atomic E-state index is 13.0. The minimum absolute atomic E-state index is 0.0346. The largest absolute Gasteiger partial charge is 0.493 e. The van der Waals surface area contributed by atoms with Crippen LogP contribution in [0.25, 0.3) is 11.3 Å². The van der Waals surface area contributed by atoms with Crippen molar-refractivity contribution in [2.75, 3.05) is 32.3 Å². The average Bonchev–Trinajstić information content (AvgIpc) is 3.44. The van der Waals surface area contributed by atoms with E-state index in [2.05, 4.69) is 10.4 Å². The number of carbonyl (C=O) groups is 1. The number of carbonyl (C=O) groups excluding carboxylic acids is 1. The zero-order chi connectivity index (χ0) is 25.2. The molecule has 1 aromatic heterocycles. The van der Waals surface area contributed by atoms with E-state index in [0.717, 1.165) is 27.9 Å². The van der Waals surface area contributed by atoms with Gasteiger partial charge < -0.3 is 14.8 Å². The minimum Gasteiger partial charge on any atom is -0.493 e. The monoisotopic (exact) mass is 497 g/mol. The van der Waals surface area contributed by atoms with E-state index in [1.807, 2.05) is 50.2 Å². The first-order chi connectivity index (χ1) is 16.7. The van der Waals surface area contributed by atoms with Gasteiger partial charge >= 0.3 is 0 Å². The molecule has 1 amide bonds. The number of methoxy groups -OCH3 is 2. The van der Waals surface area contributed by atoms with E-state index in [-0.39, 0.29) is 29.1 Å². The number of amides is 1. The third-order valence-electron chi connectivity index (χ3n) is 6.47. The lowest BCUT2D eigenvalue weighted by atomic mass is 10.0. The van der Waals surface area contributed by atoms with Gasteiger partial charge in [0.25, 0.3) is 5.91 Å². The fourth-order valence-electron chi connectivity index (χ4n) is 4.32. The van der Waals surface area contributed by atoms with Crippen LogP contribution in [0.5, 0.6) is 11.5 Å². The highest BCUT2D eigenvalue weighted by Gasteiger charge is 2.32. The summed E-state index contributed by atoms with van der Waals surface area (Å²) in [5.41, 5.74) is 5.22. The molecule has 1 aliphatic heterocycles. The summed E-state index contributed by atoms with van der Waals surface area (Å²) in [6, 6.07) is 13.2. The lowest BCUT2D eigenvalue weighted by Crippen LogP contribution is -2.26. The number of aromatic nitrogens is 2. The quantitative estimate of drug-likeness (QED) is 0.511. The molecule has 2 heterocycles. The van der Waals surface area contributed by atoms with Crippen LogP contribution in [0.4, 0.5) is 0 Å². The molecule has 1 unspecified atom stereocenters. The van der Waals surface area contributed by atoms with E-state index in [4.69, 9.17) is 9.47 Å². The summed E-state index contributed by atoms with van der Waals surface area (Å²) in [5.74, 6) is 1.16. The van der Waals surface area contributed by atoms with Crippen molar-refractivity contribution in [2.24, 2.45) is 0 Å². The first-order valence-corrected chi connectivity index (χ1v) is 13.4. The molecule has 1 N–H and O–H groups in total. The van der Waals surface area contributed by atoms with Crippen molar-refractivity contribution in [1.82, 2.24) is 15.1 Å². The van der Waals surface area contributed by atoms with Crippen molar-refractivity contribution < 1.29 is 22.7 Å². The van der Waals surface area contributed by atoms with Gasteiger partial charge in [-0.05, 0) is 67.6 Å². The zero-order valence-electron chi connectivity index (χ0n) is 20.5. The highest BCUT2D eigenvalue weighted by atomic mass is 32.2. The molecule has 0 saturated carbocycles. The molecule has 0 aliphatic carbocycles. The number of hydrogen-bond acceptors (Lipinski definition) is 6.